The number of benzene rings is 1. The Labute approximate surface area is 121 Å². The molecule has 0 spiro atoms. The summed E-state index contributed by atoms with van der Waals surface area (Å²) in [6.45, 7) is 1.05. The van der Waals surface area contributed by atoms with Crippen molar-refractivity contribution in [3.63, 3.8) is 0 Å². The van der Waals surface area contributed by atoms with Crippen LogP contribution in [0.4, 0.5) is 14.9 Å². The van der Waals surface area contributed by atoms with Crippen LogP contribution in [0.1, 0.15) is 23.2 Å². The van der Waals surface area contributed by atoms with Crippen molar-refractivity contribution in [2.75, 3.05) is 25.5 Å². The third-order valence-corrected chi connectivity index (χ3v) is 3.32. The number of urea groups is 1. The van der Waals surface area contributed by atoms with Crippen LogP contribution in [0.3, 0.4) is 0 Å². The number of carboxylic acid groups (broad SMARTS) is 1. The normalized spacial score (nSPS) is 17.5. The molecule has 0 saturated carbocycles. The molecule has 0 bridgehead atoms. The van der Waals surface area contributed by atoms with Gasteiger partial charge in [-0.25, -0.2) is 14.0 Å². The molecule has 114 valence electrons. The van der Waals surface area contributed by atoms with Gasteiger partial charge in [-0.3, -0.25) is 0 Å². The number of nitrogens with one attached hydrogen (secondary N) is 1. The Morgan fingerprint density at radius 1 is 1.52 bits per heavy atom. The Morgan fingerprint density at radius 3 is 2.90 bits per heavy atom. The second kappa shape index (κ2) is 6.53. The summed E-state index contributed by atoms with van der Waals surface area (Å²) in [5.74, 6) is -2.08. The first-order valence-corrected chi connectivity index (χ1v) is 6.64. The minimum atomic E-state index is -1.30. The first kappa shape index (κ1) is 15.2. The quantitative estimate of drug-likeness (QED) is 0.892. The number of hydrogen-bond acceptors (Lipinski definition) is 3. The van der Waals surface area contributed by atoms with Crippen molar-refractivity contribution in [2.45, 2.75) is 18.9 Å². The van der Waals surface area contributed by atoms with E-state index in [9.17, 15) is 14.0 Å². The maximum atomic E-state index is 13.7. The molecule has 1 aliphatic heterocycles. The van der Waals surface area contributed by atoms with Crippen molar-refractivity contribution < 1.29 is 23.8 Å². The number of carbonyl (C=O) groups excluding carboxylic acids is 1. The van der Waals surface area contributed by atoms with E-state index in [2.05, 4.69) is 5.32 Å². The molecular formula is C14H17FN2O4. The number of aromatic carboxylic acids is 1. The number of amides is 2. The topological polar surface area (TPSA) is 78.9 Å². The third-order valence-electron chi connectivity index (χ3n) is 3.32. The molecule has 0 aromatic heterocycles. The highest BCUT2D eigenvalue weighted by molar-refractivity contribution is 6.00. The summed E-state index contributed by atoms with van der Waals surface area (Å²) in [6.07, 6.45) is 1.80. The first-order chi connectivity index (χ1) is 9.99. The van der Waals surface area contributed by atoms with Crippen molar-refractivity contribution in [2.24, 2.45) is 0 Å². The van der Waals surface area contributed by atoms with Crippen molar-refractivity contribution in [1.82, 2.24) is 4.90 Å². The van der Waals surface area contributed by atoms with Gasteiger partial charge in [-0.2, -0.15) is 0 Å². The second-order valence-corrected chi connectivity index (χ2v) is 4.91. The Balaban J connectivity index is 2.06. The molecule has 7 heteroatoms. The highest BCUT2D eigenvalue weighted by atomic mass is 19.1. The molecule has 1 saturated heterocycles. The lowest BCUT2D eigenvalue weighted by atomic mass is 10.1. The highest BCUT2D eigenvalue weighted by Gasteiger charge is 2.22. The van der Waals surface area contributed by atoms with Crippen LogP contribution < -0.4 is 5.32 Å². The zero-order valence-electron chi connectivity index (χ0n) is 11.6. The molecule has 1 aromatic rings. The lowest BCUT2D eigenvalue weighted by Crippen LogP contribution is -2.37. The zero-order valence-corrected chi connectivity index (χ0v) is 11.6. The van der Waals surface area contributed by atoms with E-state index in [1.54, 1.807) is 7.05 Å². The van der Waals surface area contributed by atoms with E-state index in [0.717, 1.165) is 18.9 Å². The number of carboxylic acids is 1. The Morgan fingerprint density at radius 2 is 2.29 bits per heavy atom. The molecule has 2 N–H and O–H groups in total. The van der Waals surface area contributed by atoms with Crippen LogP contribution in [0.2, 0.25) is 0 Å². The summed E-state index contributed by atoms with van der Waals surface area (Å²) in [4.78, 5) is 24.4. The Hall–Kier alpha value is -2.15. The summed E-state index contributed by atoms with van der Waals surface area (Å²) in [5.41, 5.74) is -0.608. The first-order valence-electron chi connectivity index (χ1n) is 6.64. The average molecular weight is 296 g/mol. The molecule has 1 atom stereocenters. The zero-order chi connectivity index (χ0) is 15.4. The van der Waals surface area contributed by atoms with Crippen LogP contribution in [-0.4, -0.2) is 48.3 Å². The van der Waals surface area contributed by atoms with Crippen molar-refractivity contribution >= 4 is 17.7 Å². The number of para-hydroxylation sites is 1. The van der Waals surface area contributed by atoms with Gasteiger partial charge in [0.1, 0.15) is 5.82 Å². The summed E-state index contributed by atoms with van der Waals surface area (Å²) >= 11 is 0. The molecule has 2 amide bonds. The minimum Gasteiger partial charge on any atom is -0.478 e. The van der Waals surface area contributed by atoms with Crippen LogP contribution in [-0.2, 0) is 4.74 Å². The second-order valence-electron chi connectivity index (χ2n) is 4.91. The number of rotatable bonds is 4. The van der Waals surface area contributed by atoms with Gasteiger partial charge in [-0.05, 0) is 25.0 Å². The smallest absolute Gasteiger partial charge is 0.337 e. The van der Waals surface area contributed by atoms with Gasteiger partial charge < -0.3 is 20.1 Å². The molecule has 6 nitrogen and oxygen atoms in total. The van der Waals surface area contributed by atoms with Gasteiger partial charge >= 0.3 is 12.0 Å². The van der Waals surface area contributed by atoms with E-state index in [0.29, 0.717) is 13.2 Å². The van der Waals surface area contributed by atoms with Crippen LogP contribution >= 0.6 is 0 Å². The van der Waals surface area contributed by atoms with Crippen molar-refractivity contribution in [1.29, 1.82) is 0 Å². The predicted octanol–water partition coefficient (Wildman–Crippen LogP) is 2.17. The minimum absolute atomic E-state index is 0.0275. The molecule has 1 fully saturated rings. The van der Waals surface area contributed by atoms with Gasteiger partial charge in [0.25, 0.3) is 0 Å². The number of likely N-dealkylation sites (N-methyl/N-ethyl adjacent to an activating group) is 1. The predicted molar refractivity (Wildman–Crippen MR) is 74.0 cm³/mol. The maximum absolute atomic E-state index is 13.7. The van der Waals surface area contributed by atoms with Crippen LogP contribution in [0.15, 0.2) is 18.2 Å². The molecule has 0 aliphatic carbocycles. The van der Waals surface area contributed by atoms with Crippen LogP contribution in [0, 0.1) is 5.82 Å². The number of nitrogens with zero attached hydrogens (tertiary/aromatic N) is 1. The average Bonchev–Trinajstić information content (AvgIpc) is 2.93. The molecule has 2 rings (SSSR count). The summed E-state index contributed by atoms with van der Waals surface area (Å²) < 4.78 is 19.1. The van der Waals surface area contributed by atoms with Crippen LogP contribution in [0.25, 0.3) is 0 Å². The van der Waals surface area contributed by atoms with E-state index < -0.39 is 17.8 Å². The van der Waals surface area contributed by atoms with Gasteiger partial charge in [-0.1, -0.05) is 6.07 Å². The van der Waals surface area contributed by atoms with E-state index >= 15 is 0 Å². The molecule has 1 heterocycles. The summed E-state index contributed by atoms with van der Waals surface area (Å²) in [5, 5.41) is 11.3. The van der Waals surface area contributed by atoms with E-state index in [4.69, 9.17) is 9.84 Å². The van der Waals surface area contributed by atoms with Gasteiger partial charge in [0, 0.05) is 20.2 Å². The molecule has 21 heavy (non-hydrogen) atoms. The SMILES string of the molecule is CN(CC1CCCO1)C(=O)Nc1c(F)cccc1C(=O)O. The third kappa shape index (κ3) is 3.69. The lowest BCUT2D eigenvalue weighted by molar-refractivity contribution is 0.0697. The van der Waals surface area contributed by atoms with E-state index in [-0.39, 0.29) is 17.4 Å². The number of ether oxygens (including phenoxy) is 1. The van der Waals surface area contributed by atoms with Gasteiger partial charge in [-0.15, -0.1) is 0 Å². The number of anilines is 1. The Bertz CT molecular complexity index is 544. The summed E-state index contributed by atoms with van der Waals surface area (Å²) in [6, 6.07) is 3.05. The number of hydrogen-bond donors (Lipinski definition) is 2. The van der Waals surface area contributed by atoms with E-state index in [1.807, 2.05) is 0 Å². The summed E-state index contributed by atoms with van der Waals surface area (Å²) in [7, 11) is 1.55. The fourth-order valence-electron chi connectivity index (χ4n) is 2.21. The number of halogens is 1. The molecule has 0 radical (unpaired) electrons. The fraction of sp³-hybridized carbons (Fsp3) is 0.429. The molecule has 1 aromatic carbocycles. The Kier molecular flexibility index (Phi) is 4.74. The molecule has 1 unspecified atom stereocenters. The fourth-order valence-corrected chi connectivity index (χ4v) is 2.21. The molecular weight excluding hydrogens is 279 g/mol. The van der Waals surface area contributed by atoms with Gasteiger partial charge in [0.2, 0.25) is 0 Å². The molecule has 1 aliphatic rings. The van der Waals surface area contributed by atoms with Crippen molar-refractivity contribution in [3.8, 4) is 0 Å². The van der Waals surface area contributed by atoms with Gasteiger partial charge in [0.05, 0.1) is 17.4 Å². The number of carbonyl (C=O) groups is 2. The monoisotopic (exact) mass is 296 g/mol. The van der Waals surface area contributed by atoms with Crippen molar-refractivity contribution in [3.05, 3.63) is 29.6 Å². The highest BCUT2D eigenvalue weighted by Crippen LogP contribution is 2.20. The standard InChI is InChI=1S/C14H17FN2O4/c1-17(8-9-4-3-7-21-9)14(20)16-12-10(13(18)19)5-2-6-11(12)15/h2,5-6,9H,3-4,7-8H2,1H3,(H,16,20)(H,18,19). The maximum Gasteiger partial charge on any atom is 0.337 e. The lowest BCUT2D eigenvalue weighted by Gasteiger charge is -2.21. The largest absolute Gasteiger partial charge is 0.478 e. The van der Waals surface area contributed by atoms with E-state index in [1.165, 1.54) is 17.0 Å². The van der Waals surface area contributed by atoms with Crippen LogP contribution in [0.5, 0.6) is 0 Å². The van der Waals surface area contributed by atoms with Gasteiger partial charge in [0.15, 0.2) is 0 Å².